The normalized spacial score (nSPS) is 10.7. The molecule has 17 heavy (non-hydrogen) atoms. The largest absolute Gasteiger partial charge is 0.361 e. The highest BCUT2D eigenvalue weighted by atomic mass is 35.5. The van der Waals surface area contributed by atoms with E-state index in [4.69, 9.17) is 23.1 Å². The molecule has 0 spiro atoms. The average molecular weight is 253 g/mol. The van der Waals surface area contributed by atoms with Gasteiger partial charge in [-0.2, -0.15) is 0 Å². The van der Waals surface area contributed by atoms with Crippen LogP contribution in [-0.2, 0) is 6.42 Å². The first-order valence-corrected chi connectivity index (χ1v) is 5.55. The van der Waals surface area contributed by atoms with E-state index in [-0.39, 0.29) is 0 Å². The number of primary amides is 1. The van der Waals surface area contributed by atoms with Crippen molar-refractivity contribution < 1.29 is 4.79 Å². The van der Waals surface area contributed by atoms with Gasteiger partial charge in [0.05, 0.1) is 10.7 Å². The van der Waals surface area contributed by atoms with E-state index in [1.807, 2.05) is 6.20 Å². The van der Waals surface area contributed by atoms with Gasteiger partial charge in [-0.25, -0.2) is 4.79 Å². The summed E-state index contributed by atoms with van der Waals surface area (Å²) in [7, 11) is 0. The van der Waals surface area contributed by atoms with Crippen LogP contribution in [0.4, 0.5) is 10.5 Å². The Hall–Kier alpha value is -1.72. The Morgan fingerprint density at radius 2 is 2.24 bits per heavy atom. The molecule has 90 valence electrons. The number of H-pyrrole nitrogens is 1. The number of anilines is 1. The number of amides is 2. The number of carbonyl (C=O) groups excluding carboxylic acids is 1. The van der Waals surface area contributed by atoms with Gasteiger partial charge in [-0.3, -0.25) is 0 Å². The second kappa shape index (κ2) is 4.65. The summed E-state index contributed by atoms with van der Waals surface area (Å²) in [5.74, 6) is 0. The number of carbonyl (C=O) groups is 1. The van der Waals surface area contributed by atoms with Crippen LogP contribution in [-0.4, -0.2) is 17.6 Å². The van der Waals surface area contributed by atoms with Gasteiger partial charge >= 0.3 is 6.03 Å². The topological polar surface area (TPSA) is 96.9 Å². The Labute approximate surface area is 103 Å². The van der Waals surface area contributed by atoms with E-state index in [1.165, 1.54) is 0 Å². The fourth-order valence-electron chi connectivity index (χ4n) is 1.79. The third-order valence-electron chi connectivity index (χ3n) is 2.53. The predicted molar refractivity (Wildman–Crippen MR) is 69.3 cm³/mol. The molecule has 0 atom stereocenters. The molecular weight excluding hydrogens is 240 g/mol. The molecule has 2 aromatic rings. The van der Waals surface area contributed by atoms with Crippen LogP contribution < -0.4 is 16.8 Å². The van der Waals surface area contributed by atoms with Gasteiger partial charge in [0.2, 0.25) is 0 Å². The third kappa shape index (κ3) is 2.35. The molecule has 0 saturated heterocycles. The highest BCUT2D eigenvalue weighted by Crippen LogP contribution is 2.29. The van der Waals surface area contributed by atoms with Crippen LogP contribution in [0, 0.1) is 0 Å². The van der Waals surface area contributed by atoms with Gasteiger partial charge in [0.1, 0.15) is 0 Å². The van der Waals surface area contributed by atoms with Crippen LogP contribution in [0.5, 0.6) is 0 Å². The minimum Gasteiger partial charge on any atom is -0.361 e. The van der Waals surface area contributed by atoms with Crippen molar-refractivity contribution in [1.29, 1.82) is 0 Å². The second-order valence-electron chi connectivity index (χ2n) is 3.72. The molecule has 0 aliphatic rings. The van der Waals surface area contributed by atoms with Gasteiger partial charge in [0, 0.05) is 17.1 Å². The molecule has 6 heteroatoms. The number of rotatable bonds is 3. The lowest BCUT2D eigenvalue weighted by atomic mass is 10.1. The Bertz CT molecular complexity index is 564. The molecule has 1 heterocycles. The Balaban J connectivity index is 2.51. The maximum Gasteiger partial charge on any atom is 0.316 e. The fourth-order valence-corrected chi connectivity index (χ4v) is 2.00. The van der Waals surface area contributed by atoms with E-state index in [1.54, 1.807) is 12.1 Å². The highest BCUT2D eigenvalue weighted by Gasteiger charge is 2.09. The molecule has 2 rings (SSSR count). The molecule has 0 saturated carbocycles. The smallest absolute Gasteiger partial charge is 0.316 e. The first-order valence-electron chi connectivity index (χ1n) is 5.18. The Kier molecular flexibility index (Phi) is 3.21. The first kappa shape index (κ1) is 11.8. The van der Waals surface area contributed by atoms with Crippen molar-refractivity contribution in [3.63, 3.8) is 0 Å². The van der Waals surface area contributed by atoms with Crippen molar-refractivity contribution in [1.82, 2.24) is 4.98 Å². The molecule has 2 amide bonds. The molecule has 0 fully saturated rings. The number of nitrogens with two attached hydrogens (primary N) is 2. The summed E-state index contributed by atoms with van der Waals surface area (Å²) in [6.07, 6.45) is 2.65. The van der Waals surface area contributed by atoms with Crippen molar-refractivity contribution in [2.24, 2.45) is 11.5 Å². The number of fused-ring (bicyclic) bond motifs is 1. The van der Waals surface area contributed by atoms with Crippen molar-refractivity contribution in [2.75, 3.05) is 11.9 Å². The number of urea groups is 1. The third-order valence-corrected chi connectivity index (χ3v) is 2.84. The molecule has 5 nitrogen and oxygen atoms in total. The van der Waals surface area contributed by atoms with E-state index in [2.05, 4.69) is 10.3 Å². The fraction of sp³-hybridized carbons (Fsp3) is 0.182. The van der Waals surface area contributed by atoms with Crippen molar-refractivity contribution in [2.45, 2.75) is 6.42 Å². The predicted octanol–water partition coefficient (Wildman–Crippen LogP) is 1.81. The van der Waals surface area contributed by atoms with Crippen molar-refractivity contribution in [3.8, 4) is 0 Å². The first-order chi connectivity index (χ1) is 8.11. The van der Waals surface area contributed by atoms with Crippen molar-refractivity contribution >= 4 is 34.2 Å². The van der Waals surface area contributed by atoms with Gasteiger partial charge in [-0.15, -0.1) is 0 Å². The summed E-state index contributed by atoms with van der Waals surface area (Å²) in [6.45, 7) is 0.564. The van der Waals surface area contributed by atoms with Gasteiger partial charge in [-0.05, 0) is 30.7 Å². The molecule has 0 bridgehead atoms. The maximum absolute atomic E-state index is 10.8. The van der Waals surface area contributed by atoms with Crippen LogP contribution in [0.1, 0.15) is 5.56 Å². The lowest BCUT2D eigenvalue weighted by molar-refractivity contribution is 0.259. The SMILES string of the molecule is NCCc1c[nH]c2cc(Cl)c(NC(N)=O)cc12. The number of aromatic nitrogens is 1. The molecule has 0 aliphatic heterocycles. The average Bonchev–Trinajstić information content (AvgIpc) is 2.62. The molecular formula is C11H13ClN4O. The minimum absolute atomic E-state index is 0.442. The maximum atomic E-state index is 10.8. The zero-order chi connectivity index (χ0) is 12.4. The van der Waals surface area contributed by atoms with E-state index < -0.39 is 6.03 Å². The molecule has 1 aromatic carbocycles. The van der Waals surface area contributed by atoms with E-state index in [9.17, 15) is 4.79 Å². The Morgan fingerprint density at radius 1 is 1.47 bits per heavy atom. The van der Waals surface area contributed by atoms with E-state index >= 15 is 0 Å². The van der Waals surface area contributed by atoms with Crippen LogP contribution in [0.2, 0.25) is 5.02 Å². The summed E-state index contributed by atoms with van der Waals surface area (Å²) in [4.78, 5) is 13.9. The number of halogens is 1. The van der Waals surface area contributed by atoms with Crippen LogP contribution in [0.15, 0.2) is 18.3 Å². The molecule has 0 aliphatic carbocycles. The quantitative estimate of drug-likeness (QED) is 0.670. The lowest BCUT2D eigenvalue weighted by Crippen LogP contribution is -2.19. The van der Waals surface area contributed by atoms with Crippen molar-refractivity contribution in [3.05, 3.63) is 28.9 Å². The summed E-state index contributed by atoms with van der Waals surface area (Å²) >= 11 is 6.02. The lowest BCUT2D eigenvalue weighted by Gasteiger charge is -2.05. The standard InChI is InChI=1S/C11H13ClN4O/c12-8-4-9-7(3-10(8)16-11(14)17)6(1-2-13)5-15-9/h3-5,15H,1-2,13H2,(H3,14,16,17). The van der Waals surface area contributed by atoms with Crippen LogP contribution >= 0.6 is 11.6 Å². The van der Waals surface area contributed by atoms with E-state index in [0.717, 1.165) is 22.9 Å². The molecule has 0 unspecified atom stereocenters. The second-order valence-corrected chi connectivity index (χ2v) is 4.13. The van der Waals surface area contributed by atoms with Crippen LogP contribution in [0.3, 0.4) is 0 Å². The summed E-state index contributed by atoms with van der Waals surface area (Å²) in [6, 6.07) is 2.91. The van der Waals surface area contributed by atoms with Gasteiger partial charge in [-0.1, -0.05) is 11.6 Å². The van der Waals surface area contributed by atoms with E-state index in [0.29, 0.717) is 17.3 Å². The molecule has 6 N–H and O–H groups in total. The number of nitrogens with one attached hydrogen (secondary N) is 2. The Morgan fingerprint density at radius 3 is 2.88 bits per heavy atom. The summed E-state index contributed by atoms with van der Waals surface area (Å²) < 4.78 is 0. The van der Waals surface area contributed by atoms with Crippen LogP contribution in [0.25, 0.3) is 10.9 Å². The highest BCUT2D eigenvalue weighted by molar-refractivity contribution is 6.34. The number of hydrogen-bond donors (Lipinski definition) is 4. The monoisotopic (exact) mass is 252 g/mol. The molecule has 1 aromatic heterocycles. The number of hydrogen-bond acceptors (Lipinski definition) is 2. The zero-order valence-corrected chi connectivity index (χ0v) is 9.84. The van der Waals surface area contributed by atoms with Gasteiger partial charge in [0.25, 0.3) is 0 Å². The molecule has 0 radical (unpaired) electrons. The number of benzene rings is 1. The summed E-state index contributed by atoms with van der Waals surface area (Å²) in [5, 5.41) is 3.92. The van der Waals surface area contributed by atoms with Gasteiger partial charge in [0.15, 0.2) is 0 Å². The zero-order valence-electron chi connectivity index (χ0n) is 9.09. The van der Waals surface area contributed by atoms with Gasteiger partial charge < -0.3 is 21.8 Å². The minimum atomic E-state index is -0.637. The summed E-state index contributed by atoms with van der Waals surface area (Å²) in [5.41, 5.74) is 13.1. The number of aromatic amines is 1.